The molecule has 9 N–H and O–H groups in total. The number of aliphatic imine (C=N–C) groups is 1. The number of carbonyl (C=O) groups is 4. The van der Waals surface area contributed by atoms with Gasteiger partial charge in [0.15, 0.2) is 5.96 Å². The van der Waals surface area contributed by atoms with Gasteiger partial charge in [-0.2, -0.15) is 0 Å². The Bertz CT molecular complexity index is 794. The van der Waals surface area contributed by atoms with Crippen LogP contribution in [0.4, 0.5) is 0 Å². The lowest BCUT2D eigenvalue weighted by molar-refractivity contribution is -0.133. The molecular weight excluding hydrogens is 402 g/mol. The summed E-state index contributed by atoms with van der Waals surface area (Å²) in [7, 11) is 0. The lowest BCUT2D eigenvalue weighted by Crippen LogP contribution is -2.56. The number of carbonyl (C=O) groups excluding carboxylic acids is 4. The summed E-state index contributed by atoms with van der Waals surface area (Å²) in [5.41, 5.74) is 16.9. The number of nitrogens with zero attached hydrogens (tertiary/aromatic N) is 1. The predicted molar refractivity (Wildman–Crippen MR) is 116 cm³/mol. The summed E-state index contributed by atoms with van der Waals surface area (Å²) in [5, 5.41) is 7.64. The van der Waals surface area contributed by atoms with Crippen LogP contribution in [0, 0.1) is 0 Å². The van der Waals surface area contributed by atoms with E-state index in [1.54, 1.807) is 0 Å². The second-order valence-electron chi connectivity index (χ2n) is 7.09. The van der Waals surface area contributed by atoms with Gasteiger partial charge in [0.05, 0.1) is 0 Å². The van der Waals surface area contributed by atoms with E-state index in [0.29, 0.717) is 6.42 Å². The highest BCUT2D eigenvalue weighted by Crippen LogP contribution is 2.05. The molecular formula is C20H31N7O4. The molecule has 0 aliphatic carbocycles. The first-order valence-electron chi connectivity index (χ1n) is 9.86. The van der Waals surface area contributed by atoms with E-state index in [9.17, 15) is 19.2 Å². The van der Waals surface area contributed by atoms with E-state index in [1.807, 2.05) is 30.3 Å². The Kier molecular flexibility index (Phi) is 10.5. The van der Waals surface area contributed by atoms with Gasteiger partial charge in [0.2, 0.25) is 23.6 Å². The van der Waals surface area contributed by atoms with Crippen LogP contribution in [0.15, 0.2) is 35.3 Å². The van der Waals surface area contributed by atoms with Gasteiger partial charge in [-0.25, -0.2) is 0 Å². The number of guanidine groups is 1. The van der Waals surface area contributed by atoms with Crippen LogP contribution >= 0.6 is 0 Å². The number of amides is 4. The van der Waals surface area contributed by atoms with Crippen LogP contribution in [-0.4, -0.2) is 54.3 Å². The van der Waals surface area contributed by atoms with Crippen molar-refractivity contribution < 1.29 is 19.2 Å². The Morgan fingerprint density at radius 1 is 0.935 bits per heavy atom. The predicted octanol–water partition coefficient (Wildman–Crippen LogP) is -1.74. The van der Waals surface area contributed by atoms with Crippen molar-refractivity contribution in [1.82, 2.24) is 16.0 Å². The van der Waals surface area contributed by atoms with Crippen molar-refractivity contribution >= 4 is 29.6 Å². The molecule has 0 saturated carbocycles. The van der Waals surface area contributed by atoms with Crippen molar-refractivity contribution in [3.63, 3.8) is 0 Å². The van der Waals surface area contributed by atoms with E-state index in [4.69, 9.17) is 17.2 Å². The van der Waals surface area contributed by atoms with Crippen molar-refractivity contribution in [2.45, 2.75) is 51.2 Å². The van der Waals surface area contributed by atoms with Gasteiger partial charge < -0.3 is 33.2 Å². The van der Waals surface area contributed by atoms with Gasteiger partial charge >= 0.3 is 0 Å². The highest BCUT2D eigenvalue weighted by atomic mass is 16.2. The Labute approximate surface area is 181 Å². The zero-order valence-corrected chi connectivity index (χ0v) is 17.8. The van der Waals surface area contributed by atoms with Crippen LogP contribution in [0.3, 0.4) is 0 Å². The molecule has 0 saturated heterocycles. The maximum Gasteiger partial charge on any atom is 0.243 e. The first-order chi connectivity index (χ1) is 14.6. The van der Waals surface area contributed by atoms with E-state index in [0.717, 1.165) is 5.56 Å². The van der Waals surface area contributed by atoms with E-state index >= 15 is 0 Å². The van der Waals surface area contributed by atoms with Gasteiger partial charge in [-0.05, 0) is 25.3 Å². The summed E-state index contributed by atoms with van der Waals surface area (Å²) in [6, 6.07) is 6.30. The van der Waals surface area contributed by atoms with Crippen LogP contribution in [0.1, 0.15) is 32.3 Å². The number of nitrogens with one attached hydrogen (secondary N) is 3. The summed E-state index contributed by atoms with van der Waals surface area (Å²) >= 11 is 0. The van der Waals surface area contributed by atoms with Crippen molar-refractivity contribution in [3.8, 4) is 0 Å². The van der Waals surface area contributed by atoms with Crippen molar-refractivity contribution in [1.29, 1.82) is 0 Å². The molecule has 31 heavy (non-hydrogen) atoms. The van der Waals surface area contributed by atoms with Gasteiger partial charge in [-0.15, -0.1) is 0 Å². The van der Waals surface area contributed by atoms with Crippen molar-refractivity contribution in [2.24, 2.45) is 22.2 Å². The summed E-state index contributed by atoms with van der Waals surface area (Å²) in [4.78, 5) is 52.1. The van der Waals surface area contributed by atoms with Gasteiger partial charge in [0.1, 0.15) is 18.1 Å². The molecule has 0 spiro atoms. The van der Waals surface area contributed by atoms with Gasteiger partial charge in [-0.1, -0.05) is 30.3 Å². The molecule has 3 atom stereocenters. The highest BCUT2D eigenvalue weighted by Gasteiger charge is 2.27. The van der Waals surface area contributed by atoms with Crippen molar-refractivity contribution in [3.05, 3.63) is 35.9 Å². The molecule has 1 aromatic rings. The lowest BCUT2D eigenvalue weighted by Gasteiger charge is -2.23. The second kappa shape index (κ2) is 12.8. The fraction of sp³-hybridized carbons (Fsp3) is 0.450. The molecule has 11 heteroatoms. The number of hydrogen-bond donors (Lipinski definition) is 6. The number of rotatable bonds is 12. The number of primary amides is 1. The third-order valence-electron chi connectivity index (χ3n) is 4.33. The maximum atomic E-state index is 12.9. The minimum Gasteiger partial charge on any atom is -0.370 e. The monoisotopic (exact) mass is 433 g/mol. The minimum absolute atomic E-state index is 0.0824. The van der Waals surface area contributed by atoms with Crippen molar-refractivity contribution in [2.75, 3.05) is 6.54 Å². The number of hydrogen-bond acceptors (Lipinski definition) is 5. The Morgan fingerprint density at radius 3 is 2.10 bits per heavy atom. The summed E-state index contributed by atoms with van der Waals surface area (Å²) in [6.45, 7) is 3.03. The summed E-state index contributed by atoms with van der Waals surface area (Å²) in [6.07, 6.45) is 0.807. The van der Waals surface area contributed by atoms with Gasteiger partial charge in [-0.3, -0.25) is 24.2 Å². The molecule has 0 unspecified atom stereocenters. The number of benzene rings is 1. The third kappa shape index (κ3) is 10.1. The van der Waals surface area contributed by atoms with E-state index < -0.39 is 35.8 Å². The summed E-state index contributed by atoms with van der Waals surface area (Å²) < 4.78 is 0. The van der Waals surface area contributed by atoms with E-state index in [2.05, 4.69) is 20.9 Å². The van der Waals surface area contributed by atoms with Crippen LogP contribution in [0.25, 0.3) is 0 Å². The molecule has 0 bridgehead atoms. The fourth-order valence-corrected chi connectivity index (χ4v) is 2.78. The fourth-order valence-electron chi connectivity index (χ4n) is 2.78. The van der Waals surface area contributed by atoms with Crippen LogP contribution in [0.5, 0.6) is 0 Å². The third-order valence-corrected chi connectivity index (χ3v) is 4.33. The average molecular weight is 434 g/mol. The highest BCUT2D eigenvalue weighted by molar-refractivity contribution is 5.93. The molecule has 4 amide bonds. The molecule has 0 radical (unpaired) electrons. The van der Waals surface area contributed by atoms with Gasteiger partial charge in [0, 0.05) is 19.9 Å². The molecule has 0 fully saturated rings. The van der Waals surface area contributed by atoms with Gasteiger partial charge in [0.25, 0.3) is 0 Å². The molecule has 1 rings (SSSR count). The summed E-state index contributed by atoms with van der Waals surface area (Å²) in [5.74, 6) is -2.29. The Hall–Kier alpha value is -3.63. The van der Waals surface area contributed by atoms with Crippen LogP contribution in [-0.2, 0) is 25.6 Å². The van der Waals surface area contributed by atoms with E-state index in [-0.39, 0.29) is 31.3 Å². The SMILES string of the molecule is CC(=O)N[C@@H](C)C(=O)N[C@@H](CCCN=C(N)N)C(=O)N[C@@H](Cc1ccccc1)C(N)=O. The smallest absolute Gasteiger partial charge is 0.243 e. The molecule has 11 nitrogen and oxygen atoms in total. The Balaban J connectivity index is 2.87. The second-order valence-corrected chi connectivity index (χ2v) is 7.09. The zero-order valence-electron chi connectivity index (χ0n) is 17.8. The number of nitrogens with two attached hydrogens (primary N) is 3. The van der Waals surface area contributed by atoms with Crippen LogP contribution in [0.2, 0.25) is 0 Å². The molecule has 170 valence electrons. The topological polar surface area (TPSA) is 195 Å². The normalized spacial score (nSPS) is 13.2. The average Bonchev–Trinajstić information content (AvgIpc) is 2.69. The Morgan fingerprint density at radius 2 is 1.55 bits per heavy atom. The minimum atomic E-state index is -0.976. The molecule has 0 aromatic heterocycles. The van der Waals surface area contributed by atoms with Crippen LogP contribution < -0.4 is 33.2 Å². The standard InChI is InChI=1S/C20H31N7O4/c1-12(25-13(2)28)18(30)26-15(9-6-10-24-20(22)23)19(31)27-16(17(21)29)11-14-7-4-3-5-8-14/h3-5,7-8,12,15-16H,6,9-11H2,1-2H3,(H2,21,29)(H,25,28)(H,26,30)(H,27,31)(H4,22,23,24)/t12-,15-,16-/m0/s1. The first kappa shape index (κ1) is 25.4. The lowest BCUT2D eigenvalue weighted by atomic mass is 10.0. The molecule has 0 aliphatic heterocycles. The maximum absolute atomic E-state index is 12.9. The molecule has 1 aromatic carbocycles. The van der Waals surface area contributed by atoms with E-state index in [1.165, 1.54) is 13.8 Å². The zero-order chi connectivity index (χ0) is 23.4. The molecule has 0 heterocycles. The quantitative estimate of drug-likeness (QED) is 0.129. The largest absolute Gasteiger partial charge is 0.370 e. The molecule has 0 aliphatic rings. The first-order valence-corrected chi connectivity index (χ1v) is 9.86.